The van der Waals surface area contributed by atoms with Crippen LogP contribution >= 0.6 is 0 Å². The van der Waals surface area contributed by atoms with Gasteiger partial charge in [-0.15, -0.1) is 0 Å². The maximum Gasteiger partial charge on any atom is 0.303 e. The summed E-state index contributed by atoms with van der Waals surface area (Å²) in [6, 6.07) is 0. The van der Waals surface area contributed by atoms with Crippen LogP contribution < -0.4 is 5.32 Å². The number of carbonyl (C=O) groups is 1. The third-order valence-electron chi connectivity index (χ3n) is 2.13. The van der Waals surface area contributed by atoms with Gasteiger partial charge in [0, 0.05) is 6.42 Å². The van der Waals surface area contributed by atoms with Gasteiger partial charge >= 0.3 is 5.97 Å². The highest BCUT2D eigenvalue weighted by molar-refractivity contribution is 5.66. The minimum atomic E-state index is -0.702. The summed E-state index contributed by atoms with van der Waals surface area (Å²) >= 11 is 0. The molecule has 84 valence electrons. The minimum Gasteiger partial charge on any atom is -0.481 e. The van der Waals surface area contributed by atoms with Crippen molar-refractivity contribution >= 4 is 5.97 Å². The molecule has 0 saturated carbocycles. The summed E-state index contributed by atoms with van der Waals surface area (Å²) in [4.78, 5) is 10.2. The van der Waals surface area contributed by atoms with Gasteiger partial charge < -0.3 is 10.4 Å². The van der Waals surface area contributed by atoms with E-state index in [1.165, 1.54) is 19.3 Å². The third-order valence-corrected chi connectivity index (χ3v) is 2.13. The lowest BCUT2D eigenvalue weighted by atomic mass is 10.1. The Hall–Kier alpha value is -0.570. The largest absolute Gasteiger partial charge is 0.481 e. The summed E-state index contributed by atoms with van der Waals surface area (Å²) in [6.45, 7) is 6.32. The van der Waals surface area contributed by atoms with Crippen LogP contribution in [-0.2, 0) is 4.79 Å². The van der Waals surface area contributed by atoms with Crippen LogP contribution in [0.3, 0.4) is 0 Å². The first-order chi connectivity index (χ1) is 6.63. The molecule has 0 radical (unpaired) electrons. The van der Waals surface area contributed by atoms with E-state index in [2.05, 4.69) is 19.2 Å². The summed E-state index contributed by atoms with van der Waals surface area (Å²) in [7, 11) is 0. The number of carboxylic acid groups (broad SMARTS) is 1. The highest BCUT2D eigenvalue weighted by atomic mass is 16.4. The molecule has 0 rings (SSSR count). The monoisotopic (exact) mass is 201 g/mol. The fraction of sp³-hybridized carbons (Fsp3) is 0.909. The van der Waals surface area contributed by atoms with E-state index < -0.39 is 5.97 Å². The van der Waals surface area contributed by atoms with E-state index in [9.17, 15) is 4.79 Å². The van der Waals surface area contributed by atoms with E-state index in [-0.39, 0.29) is 6.42 Å². The Morgan fingerprint density at radius 3 is 2.43 bits per heavy atom. The number of aliphatic carboxylic acids is 1. The highest BCUT2D eigenvalue weighted by Gasteiger charge is 1.96. The second-order valence-corrected chi connectivity index (χ2v) is 4.14. The Morgan fingerprint density at radius 1 is 1.21 bits per heavy atom. The average molecular weight is 201 g/mol. The topological polar surface area (TPSA) is 49.3 Å². The van der Waals surface area contributed by atoms with Crippen molar-refractivity contribution in [3.8, 4) is 0 Å². The molecule has 0 aromatic carbocycles. The van der Waals surface area contributed by atoms with Crippen LogP contribution in [0.15, 0.2) is 0 Å². The second-order valence-electron chi connectivity index (χ2n) is 4.14. The SMILES string of the molecule is CC(C)CCCCNCCCC(=O)O. The molecule has 0 saturated heterocycles. The van der Waals surface area contributed by atoms with E-state index in [0.717, 1.165) is 25.4 Å². The van der Waals surface area contributed by atoms with Gasteiger partial charge in [-0.25, -0.2) is 0 Å². The lowest BCUT2D eigenvalue weighted by Gasteiger charge is -2.05. The molecule has 3 nitrogen and oxygen atoms in total. The van der Waals surface area contributed by atoms with Crippen molar-refractivity contribution in [2.75, 3.05) is 13.1 Å². The number of nitrogens with one attached hydrogen (secondary N) is 1. The van der Waals surface area contributed by atoms with Crippen LogP contribution in [0.4, 0.5) is 0 Å². The molecule has 0 aliphatic carbocycles. The molecular weight excluding hydrogens is 178 g/mol. The van der Waals surface area contributed by atoms with Crippen LogP contribution in [-0.4, -0.2) is 24.2 Å². The number of rotatable bonds is 9. The molecule has 0 aliphatic rings. The van der Waals surface area contributed by atoms with Gasteiger partial charge in [0.1, 0.15) is 0 Å². The molecule has 0 unspecified atom stereocenters. The van der Waals surface area contributed by atoms with Gasteiger partial charge in [-0.3, -0.25) is 4.79 Å². The summed E-state index contributed by atoms with van der Waals surface area (Å²) in [5, 5.41) is 11.6. The summed E-state index contributed by atoms with van der Waals surface area (Å²) < 4.78 is 0. The normalized spacial score (nSPS) is 10.8. The van der Waals surface area contributed by atoms with Crippen molar-refractivity contribution in [2.45, 2.75) is 46.0 Å². The van der Waals surface area contributed by atoms with E-state index in [4.69, 9.17) is 5.11 Å². The lowest BCUT2D eigenvalue weighted by Crippen LogP contribution is -2.17. The van der Waals surface area contributed by atoms with Gasteiger partial charge in [0.05, 0.1) is 0 Å². The molecule has 0 aromatic heterocycles. The Morgan fingerprint density at radius 2 is 1.86 bits per heavy atom. The first-order valence-corrected chi connectivity index (χ1v) is 5.55. The molecule has 0 amide bonds. The Labute approximate surface area is 86.9 Å². The van der Waals surface area contributed by atoms with E-state index in [1.807, 2.05) is 0 Å². The molecule has 0 heterocycles. The van der Waals surface area contributed by atoms with Crippen LogP contribution in [0.2, 0.25) is 0 Å². The van der Waals surface area contributed by atoms with Crippen molar-refractivity contribution in [3.05, 3.63) is 0 Å². The van der Waals surface area contributed by atoms with Gasteiger partial charge in [-0.05, 0) is 31.8 Å². The second kappa shape index (κ2) is 9.00. The quantitative estimate of drug-likeness (QED) is 0.563. The molecule has 0 aromatic rings. The van der Waals surface area contributed by atoms with Crippen LogP contribution in [0.5, 0.6) is 0 Å². The standard InChI is InChI=1S/C11H23NO2/c1-10(2)6-3-4-8-12-9-5-7-11(13)14/h10,12H,3-9H2,1-2H3,(H,13,14). The number of unbranched alkanes of at least 4 members (excludes halogenated alkanes) is 1. The van der Waals surface area contributed by atoms with Crippen molar-refractivity contribution in [2.24, 2.45) is 5.92 Å². The molecule has 2 N–H and O–H groups in total. The van der Waals surface area contributed by atoms with Gasteiger partial charge in [-0.2, -0.15) is 0 Å². The Bertz CT molecular complexity index is 146. The van der Waals surface area contributed by atoms with Crippen molar-refractivity contribution in [3.63, 3.8) is 0 Å². The minimum absolute atomic E-state index is 0.277. The van der Waals surface area contributed by atoms with Crippen molar-refractivity contribution in [1.29, 1.82) is 0 Å². The average Bonchev–Trinajstić information content (AvgIpc) is 2.08. The van der Waals surface area contributed by atoms with Gasteiger partial charge in [0.25, 0.3) is 0 Å². The zero-order chi connectivity index (χ0) is 10.8. The zero-order valence-electron chi connectivity index (χ0n) is 9.38. The molecule has 3 heteroatoms. The van der Waals surface area contributed by atoms with Gasteiger partial charge in [0.15, 0.2) is 0 Å². The predicted molar refractivity (Wildman–Crippen MR) is 58.4 cm³/mol. The third kappa shape index (κ3) is 11.4. The summed E-state index contributed by atoms with van der Waals surface area (Å²) in [5.74, 6) is 0.0913. The fourth-order valence-electron chi connectivity index (χ4n) is 1.29. The van der Waals surface area contributed by atoms with Gasteiger partial charge in [-0.1, -0.05) is 26.7 Å². The Balaban J connectivity index is 2.96. The first-order valence-electron chi connectivity index (χ1n) is 5.55. The predicted octanol–water partition coefficient (Wildman–Crippen LogP) is 2.27. The highest BCUT2D eigenvalue weighted by Crippen LogP contribution is 2.04. The number of carboxylic acids is 1. The number of hydrogen-bond acceptors (Lipinski definition) is 2. The van der Waals surface area contributed by atoms with Crippen LogP contribution in [0.25, 0.3) is 0 Å². The zero-order valence-corrected chi connectivity index (χ0v) is 9.38. The smallest absolute Gasteiger partial charge is 0.303 e. The molecule has 0 spiro atoms. The fourth-order valence-corrected chi connectivity index (χ4v) is 1.29. The van der Waals surface area contributed by atoms with E-state index in [1.54, 1.807) is 0 Å². The van der Waals surface area contributed by atoms with Crippen molar-refractivity contribution < 1.29 is 9.90 Å². The van der Waals surface area contributed by atoms with E-state index in [0.29, 0.717) is 0 Å². The van der Waals surface area contributed by atoms with Crippen LogP contribution in [0.1, 0.15) is 46.0 Å². The molecule has 0 bridgehead atoms. The Kier molecular flexibility index (Phi) is 8.64. The molecule has 0 aliphatic heterocycles. The number of hydrogen-bond donors (Lipinski definition) is 2. The van der Waals surface area contributed by atoms with Gasteiger partial charge in [0.2, 0.25) is 0 Å². The van der Waals surface area contributed by atoms with E-state index >= 15 is 0 Å². The molecule has 0 fully saturated rings. The maximum atomic E-state index is 10.2. The summed E-state index contributed by atoms with van der Waals surface area (Å²) in [6.07, 6.45) is 4.77. The molecule has 0 atom stereocenters. The van der Waals surface area contributed by atoms with Crippen molar-refractivity contribution in [1.82, 2.24) is 5.32 Å². The molecule has 14 heavy (non-hydrogen) atoms. The van der Waals surface area contributed by atoms with Crippen LogP contribution in [0, 0.1) is 5.92 Å². The lowest BCUT2D eigenvalue weighted by molar-refractivity contribution is -0.137. The first kappa shape index (κ1) is 13.4. The maximum absolute atomic E-state index is 10.2. The molecular formula is C11H23NO2. The summed E-state index contributed by atoms with van der Waals surface area (Å²) in [5.41, 5.74) is 0.